The standard InChI is InChI=1S/C15H17N3O3/c1-10(2)11-5-4-6-13(7-11)21-15-9-12(18(19)20)8-14(16-3)17-15/h4-10H,1-3H3,(H,16,17). The Morgan fingerprint density at radius 3 is 2.67 bits per heavy atom. The van der Waals surface area contributed by atoms with Crippen LogP contribution in [0, 0.1) is 10.1 Å². The van der Waals surface area contributed by atoms with Gasteiger partial charge in [0, 0.05) is 7.05 Å². The number of ether oxygens (including phenoxy) is 1. The average molecular weight is 287 g/mol. The molecule has 1 aromatic heterocycles. The molecule has 0 fully saturated rings. The van der Waals surface area contributed by atoms with Crippen LogP contribution in [0.1, 0.15) is 25.3 Å². The predicted octanol–water partition coefficient (Wildman–Crippen LogP) is 3.95. The molecule has 1 N–H and O–H groups in total. The second-order valence-electron chi connectivity index (χ2n) is 4.89. The van der Waals surface area contributed by atoms with Crippen molar-refractivity contribution < 1.29 is 9.66 Å². The first-order valence-electron chi connectivity index (χ1n) is 6.61. The van der Waals surface area contributed by atoms with Crippen molar-refractivity contribution in [2.24, 2.45) is 0 Å². The lowest BCUT2D eigenvalue weighted by atomic mass is 10.0. The van der Waals surface area contributed by atoms with Crippen molar-refractivity contribution in [2.75, 3.05) is 12.4 Å². The molecule has 2 aromatic rings. The fraction of sp³-hybridized carbons (Fsp3) is 0.267. The smallest absolute Gasteiger partial charge is 0.278 e. The number of benzene rings is 1. The molecular weight excluding hydrogens is 270 g/mol. The van der Waals surface area contributed by atoms with Crippen molar-refractivity contribution >= 4 is 11.5 Å². The average Bonchev–Trinajstić information content (AvgIpc) is 2.47. The number of rotatable bonds is 5. The van der Waals surface area contributed by atoms with Crippen LogP contribution >= 0.6 is 0 Å². The minimum Gasteiger partial charge on any atom is -0.439 e. The highest BCUT2D eigenvalue weighted by Gasteiger charge is 2.12. The fourth-order valence-electron chi connectivity index (χ4n) is 1.84. The van der Waals surface area contributed by atoms with Gasteiger partial charge >= 0.3 is 0 Å². The maximum Gasteiger partial charge on any atom is 0.278 e. The number of pyridine rings is 1. The zero-order chi connectivity index (χ0) is 15.4. The van der Waals surface area contributed by atoms with Gasteiger partial charge < -0.3 is 10.1 Å². The Bertz CT molecular complexity index is 656. The van der Waals surface area contributed by atoms with Gasteiger partial charge in [-0.1, -0.05) is 26.0 Å². The molecule has 0 amide bonds. The van der Waals surface area contributed by atoms with E-state index in [1.54, 1.807) is 13.1 Å². The van der Waals surface area contributed by atoms with Crippen LogP contribution < -0.4 is 10.1 Å². The van der Waals surface area contributed by atoms with E-state index in [0.717, 1.165) is 5.56 Å². The molecule has 0 atom stereocenters. The van der Waals surface area contributed by atoms with Crippen molar-refractivity contribution in [2.45, 2.75) is 19.8 Å². The molecule has 0 saturated heterocycles. The topological polar surface area (TPSA) is 77.3 Å². The number of nitrogens with one attached hydrogen (secondary N) is 1. The van der Waals surface area contributed by atoms with Crippen molar-refractivity contribution in [3.8, 4) is 11.6 Å². The Morgan fingerprint density at radius 2 is 2.05 bits per heavy atom. The second kappa shape index (κ2) is 6.21. The largest absolute Gasteiger partial charge is 0.439 e. The Labute approximate surface area is 122 Å². The van der Waals surface area contributed by atoms with E-state index in [1.807, 2.05) is 18.2 Å². The summed E-state index contributed by atoms with van der Waals surface area (Å²) < 4.78 is 5.65. The summed E-state index contributed by atoms with van der Waals surface area (Å²) in [5.74, 6) is 1.56. The minimum atomic E-state index is -0.472. The third-order valence-corrected chi connectivity index (χ3v) is 3.00. The molecule has 0 aliphatic carbocycles. The van der Waals surface area contributed by atoms with Crippen LogP contribution in [0.25, 0.3) is 0 Å². The van der Waals surface area contributed by atoms with Crippen molar-refractivity contribution in [3.05, 3.63) is 52.1 Å². The molecule has 0 saturated carbocycles. The molecule has 0 spiro atoms. The SMILES string of the molecule is CNc1cc([N+](=O)[O-])cc(Oc2cccc(C(C)C)c2)n1. The highest BCUT2D eigenvalue weighted by Crippen LogP contribution is 2.28. The zero-order valence-corrected chi connectivity index (χ0v) is 12.2. The number of anilines is 1. The van der Waals surface area contributed by atoms with Gasteiger partial charge in [-0.05, 0) is 23.6 Å². The molecule has 6 heteroatoms. The highest BCUT2D eigenvalue weighted by atomic mass is 16.6. The molecule has 1 heterocycles. The maximum atomic E-state index is 10.9. The van der Waals surface area contributed by atoms with Crippen LogP contribution in [0.2, 0.25) is 0 Å². The molecule has 1 aromatic carbocycles. The number of nitrogens with zero attached hydrogens (tertiary/aromatic N) is 2. The van der Waals surface area contributed by atoms with Crippen molar-refractivity contribution in [1.29, 1.82) is 0 Å². The minimum absolute atomic E-state index is 0.0654. The number of hydrogen-bond acceptors (Lipinski definition) is 5. The van der Waals surface area contributed by atoms with Gasteiger partial charge in [-0.3, -0.25) is 10.1 Å². The second-order valence-corrected chi connectivity index (χ2v) is 4.89. The first-order chi connectivity index (χ1) is 9.99. The lowest BCUT2D eigenvalue weighted by Gasteiger charge is -2.10. The van der Waals surface area contributed by atoms with E-state index in [1.165, 1.54) is 12.1 Å². The van der Waals surface area contributed by atoms with E-state index in [-0.39, 0.29) is 11.6 Å². The van der Waals surface area contributed by atoms with E-state index in [2.05, 4.69) is 24.1 Å². The molecule has 0 bridgehead atoms. The van der Waals surface area contributed by atoms with E-state index in [0.29, 0.717) is 17.5 Å². The normalized spacial score (nSPS) is 10.5. The Balaban J connectivity index is 2.32. The molecule has 6 nitrogen and oxygen atoms in total. The van der Waals surface area contributed by atoms with Gasteiger partial charge in [-0.15, -0.1) is 0 Å². The van der Waals surface area contributed by atoms with Crippen LogP contribution in [0.4, 0.5) is 11.5 Å². The molecular formula is C15H17N3O3. The van der Waals surface area contributed by atoms with E-state index >= 15 is 0 Å². The Hall–Kier alpha value is -2.63. The number of hydrogen-bond donors (Lipinski definition) is 1. The van der Waals surface area contributed by atoms with Crippen LogP contribution in [-0.4, -0.2) is 17.0 Å². The molecule has 0 aliphatic rings. The van der Waals surface area contributed by atoms with Gasteiger partial charge in [-0.2, -0.15) is 4.98 Å². The summed E-state index contributed by atoms with van der Waals surface area (Å²) in [7, 11) is 1.65. The lowest BCUT2D eigenvalue weighted by Crippen LogP contribution is -1.98. The summed E-state index contributed by atoms with van der Waals surface area (Å²) in [5, 5.41) is 13.7. The third-order valence-electron chi connectivity index (χ3n) is 3.00. The van der Waals surface area contributed by atoms with Gasteiger partial charge in [0.2, 0.25) is 5.88 Å². The summed E-state index contributed by atoms with van der Waals surface area (Å²) in [6, 6.07) is 10.3. The van der Waals surface area contributed by atoms with Crippen molar-refractivity contribution in [1.82, 2.24) is 4.98 Å². The molecule has 0 unspecified atom stereocenters. The number of nitro groups is 1. The quantitative estimate of drug-likeness (QED) is 0.665. The summed E-state index contributed by atoms with van der Waals surface area (Å²) in [6.45, 7) is 4.17. The summed E-state index contributed by atoms with van der Waals surface area (Å²) in [6.07, 6.45) is 0. The van der Waals surface area contributed by atoms with Gasteiger partial charge in [0.05, 0.1) is 17.1 Å². The lowest BCUT2D eigenvalue weighted by molar-refractivity contribution is -0.384. The van der Waals surface area contributed by atoms with Gasteiger partial charge in [0.25, 0.3) is 5.69 Å². The highest BCUT2D eigenvalue weighted by molar-refractivity contribution is 5.48. The monoisotopic (exact) mass is 287 g/mol. The summed E-state index contributed by atoms with van der Waals surface area (Å²) in [5.41, 5.74) is 1.07. The number of aromatic nitrogens is 1. The van der Waals surface area contributed by atoms with E-state index in [9.17, 15) is 10.1 Å². The molecule has 110 valence electrons. The van der Waals surface area contributed by atoms with Crippen LogP contribution in [0.15, 0.2) is 36.4 Å². The fourth-order valence-corrected chi connectivity index (χ4v) is 1.84. The molecule has 21 heavy (non-hydrogen) atoms. The molecule has 2 rings (SSSR count). The van der Waals surface area contributed by atoms with Crippen LogP contribution in [-0.2, 0) is 0 Å². The van der Waals surface area contributed by atoms with Crippen LogP contribution in [0.3, 0.4) is 0 Å². The van der Waals surface area contributed by atoms with Crippen molar-refractivity contribution in [3.63, 3.8) is 0 Å². The Morgan fingerprint density at radius 1 is 1.29 bits per heavy atom. The predicted molar refractivity (Wildman–Crippen MR) is 81.0 cm³/mol. The van der Waals surface area contributed by atoms with E-state index in [4.69, 9.17) is 4.74 Å². The van der Waals surface area contributed by atoms with Gasteiger partial charge in [0.15, 0.2) is 0 Å². The van der Waals surface area contributed by atoms with E-state index < -0.39 is 4.92 Å². The van der Waals surface area contributed by atoms with Crippen LogP contribution in [0.5, 0.6) is 11.6 Å². The van der Waals surface area contributed by atoms with Gasteiger partial charge in [-0.25, -0.2) is 0 Å². The maximum absolute atomic E-state index is 10.9. The summed E-state index contributed by atoms with van der Waals surface area (Å²) in [4.78, 5) is 14.6. The molecule has 0 radical (unpaired) electrons. The molecule has 0 aliphatic heterocycles. The Kier molecular flexibility index (Phi) is 4.37. The zero-order valence-electron chi connectivity index (χ0n) is 12.2. The van der Waals surface area contributed by atoms with Gasteiger partial charge in [0.1, 0.15) is 11.6 Å². The summed E-state index contributed by atoms with van der Waals surface area (Å²) >= 11 is 0. The third kappa shape index (κ3) is 3.68. The first kappa shape index (κ1) is 14.8. The first-order valence-corrected chi connectivity index (χ1v) is 6.61.